The van der Waals surface area contributed by atoms with E-state index in [9.17, 15) is 4.79 Å². The number of nitrogens with zero attached hydrogens (tertiary/aromatic N) is 3. The minimum atomic E-state index is -0.0342. The van der Waals surface area contributed by atoms with E-state index in [2.05, 4.69) is 44.7 Å². The van der Waals surface area contributed by atoms with Crippen LogP contribution < -0.4 is 10.6 Å². The van der Waals surface area contributed by atoms with Crippen LogP contribution in [0.5, 0.6) is 0 Å². The van der Waals surface area contributed by atoms with E-state index in [1.54, 1.807) is 6.20 Å². The lowest BCUT2D eigenvalue weighted by Crippen LogP contribution is -2.18. The van der Waals surface area contributed by atoms with Crippen molar-refractivity contribution in [3.63, 3.8) is 0 Å². The molecular formula is C24H25N5O. The van der Waals surface area contributed by atoms with Gasteiger partial charge in [-0.15, -0.1) is 0 Å². The van der Waals surface area contributed by atoms with Crippen molar-refractivity contribution in [3.8, 4) is 11.3 Å². The summed E-state index contributed by atoms with van der Waals surface area (Å²) in [6, 6.07) is 16.1. The van der Waals surface area contributed by atoms with Gasteiger partial charge in [0, 0.05) is 42.6 Å². The zero-order chi connectivity index (χ0) is 20.9. The lowest BCUT2D eigenvalue weighted by Gasteiger charge is -2.16. The van der Waals surface area contributed by atoms with E-state index in [0.717, 1.165) is 41.3 Å². The third-order valence-electron chi connectivity index (χ3n) is 4.99. The fourth-order valence-corrected chi connectivity index (χ4v) is 3.39. The average molecular weight is 399 g/mol. The first-order valence-corrected chi connectivity index (χ1v) is 10.0. The summed E-state index contributed by atoms with van der Waals surface area (Å²) in [5.74, 6) is 0.501. The molecule has 1 aliphatic rings. The van der Waals surface area contributed by atoms with Gasteiger partial charge in [-0.25, -0.2) is 9.97 Å². The number of carbonyl (C=O) groups excluding carboxylic acids is 1. The molecule has 2 aromatic carbocycles. The smallest absolute Gasteiger partial charge is 0.228 e. The molecule has 0 saturated heterocycles. The van der Waals surface area contributed by atoms with Crippen LogP contribution in [-0.2, 0) is 11.3 Å². The molecule has 4 rings (SSSR count). The van der Waals surface area contributed by atoms with Crippen molar-refractivity contribution in [2.24, 2.45) is 0 Å². The third-order valence-corrected chi connectivity index (χ3v) is 4.99. The molecule has 3 aromatic rings. The highest BCUT2D eigenvalue weighted by molar-refractivity contribution is 5.93. The van der Waals surface area contributed by atoms with Crippen LogP contribution in [0, 0.1) is 6.92 Å². The number of nitrogens with one attached hydrogen (secondary N) is 2. The standard InChI is InChI=1S/C24H25N5O/c1-17-9-10-19-15-22(17)27-23(30)8-3-4-13-29(2)16-18-6-5-7-20(14-18)26-24-25-12-11-21(19)28-24/h3-7,9-12,14-15H,8,13,16H2,1-2H3,(H,27,30)(H,25,26,28). The zero-order valence-corrected chi connectivity index (χ0v) is 17.2. The number of anilines is 3. The maximum absolute atomic E-state index is 12.4. The summed E-state index contributed by atoms with van der Waals surface area (Å²) in [5, 5.41) is 6.32. The largest absolute Gasteiger partial charge is 0.326 e. The molecule has 0 atom stereocenters. The first kappa shape index (κ1) is 19.8. The molecule has 0 spiro atoms. The van der Waals surface area contributed by atoms with Gasteiger partial charge in [-0.05, 0) is 49.4 Å². The van der Waals surface area contributed by atoms with Crippen molar-refractivity contribution in [3.05, 3.63) is 78.0 Å². The summed E-state index contributed by atoms with van der Waals surface area (Å²) in [6.07, 6.45) is 6.04. The first-order valence-electron chi connectivity index (χ1n) is 10.0. The van der Waals surface area contributed by atoms with Crippen LogP contribution in [0.3, 0.4) is 0 Å². The van der Waals surface area contributed by atoms with Gasteiger partial charge in [-0.2, -0.15) is 0 Å². The molecule has 2 N–H and O–H groups in total. The lowest BCUT2D eigenvalue weighted by atomic mass is 10.1. The van der Waals surface area contributed by atoms with E-state index in [1.165, 1.54) is 5.56 Å². The molecule has 1 aromatic heterocycles. The number of hydrogen-bond acceptors (Lipinski definition) is 5. The average Bonchev–Trinajstić information content (AvgIpc) is 2.73. The molecule has 6 nitrogen and oxygen atoms in total. The van der Waals surface area contributed by atoms with Gasteiger partial charge in [0.25, 0.3) is 0 Å². The molecule has 0 saturated carbocycles. The second-order valence-electron chi connectivity index (χ2n) is 7.54. The van der Waals surface area contributed by atoms with E-state index >= 15 is 0 Å². The second kappa shape index (κ2) is 8.88. The molecule has 0 unspecified atom stereocenters. The van der Waals surface area contributed by atoms with Crippen LogP contribution in [0.1, 0.15) is 17.5 Å². The minimum absolute atomic E-state index is 0.0342. The third kappa shape index (κ3) is 4.90. The number of benzene rings is 2. The Bertz CT molecular complexity index is 1090. The van der Waals surface area contributed by atoms with Gasteiger partial charge >= 0.3 is 0 Å². The van der Waals surface area contributed by atoms with Gasteiger partial charge in [0.1, 0.15) is 0 Å². The molecule has 152 valence electrons. The van der Waals surface area contributed by atoms with Crippen LogP contribution in [-0.4, -0.2) is 34.4 Å². The van der Waals surface area contributed by atoms with Gasteiger partial charge in [0.2, 0.25) is 11.9 Å². The highest BCUT2D eigenvalue weighted by Gasteiger charge is 2.09. The summed E-state index contributed by atoms with van der Waals surface area (Å²) < 4.78 is 0. The van der Waals surface area contributed by atoms with Crippen molar-refractivity contribution in [1.82, 2.24) is 14.9 Å². The maximum atomic E-state index is 12.4. The number of rotatable bonds is 0. The van der Waals surface area contributed by atoms with E-state index in [4.69, 9.17) is 0 Å². The predicted molar refractivity (Wildman–Crippen MR) is 121 cm³/mol. The van der Waals surface area contributed by atoms with Crippen molar-refractivity contribution in [1.29, 1.82) is 0 Å². The highest BCUT2D eigenvalue weighted by Crippen LogP contribution is 2.25. The fourth-order valence-electron chi connectivity index (χ4n) is 3.39. The molecule has 30 heavy (non-hydrogen) atoms. The monoisotopic (exact) mass is 399 g/mol. The Labute approximate surface area is 176 Å². The number of carbonyl (C=O) groups is 1. The Morgan fingerprint density at radius 2 is 1.93 bits per heavy atom. The van der Waals surface area contributed by atoms with Gasteiger partial charge in [-0.1, -0.05) is 36.4 Å². The molecule has 0 aliphatic carbocycles. The SMILES string of the molecule is Cc1ccc2cc1NC(=O)CC=CCN(C)Cc1cccc(c1)Nc1nccc-2n1. The Morgan fingerprint density at radius 1 is 1.03 bits per heavy atom. The number of aryl methyl sites for hydroxylation is 1. The molecule has 6 heteroatoms. The Kier molecular flexibility index (Phi) is 5.86. The summed E-state index contributed by atoms with van der Waals surface area (Å²) in [5.41, 5.74) is 5.66. The van der Waals surface area contributed by atoms with E-state index in [1.807, 2.05) is 55.5 Å². The molecule has 1 aliphatic heterocycles. The van der Waals surface area contributed by atoms with Crippen LogP contribution in [0.25, 0.3) is 11.3 Å². The Morgan fingerprint density at radius 3 is 2.83 bits per heavy atom. The molecule has 0 fully saturated rings. The van der Waals surface area contributed by atoms with E-state index in [-0.39, 0.29) is 5.91 Å². The van der Waals surface area contributed by atoms with Gasteiger partial charge in [0.15, 0.2) is 0 Å². The molecule has 0 radical (unpaired) electrons. The fraction of sp³-hybridized carbons (Fsp3) is 0.208. The number of aromatic nitrogens is 2. The highest BCUT2D eigenvalue weighted by atomic mass is 16.1. The van der Waals surface area contributed by atoms with Crippen LogP contribution in [0.2, 0.25) is 0 Å². The topological polar surface area (TPSA) is 70.2 Å². The molecule has 6 bridgehead atoms. The summed E-state index contributed by atoms with van der Waals surface area (Å²) >= 11 is 0. The van der Waals surface area contributed by atoms with E-state index in [0.29, 0.717) is 12.4 Å². The molecule has 1 amide bonds. The minimum Gasteiger partial charge on any atom is -0.326 e. The van der Waals surface area contributed by atoms with E-state index < -0.39 is 0 Å². The quantitative estimate of drug-likeness (QED) is 0.544. The maximum Gasteiger partial charge on any atom is 0.228 e. The van der Waals surface area contributed by atoms with Gasteiger partial charge < -0.3 is 10.6 Å². The zero-order valence-electron chi connectivity index (χ0n) is 17.2. The number of hydrogen-bond donors (Lipinski definition) is 2. The van der Waals surface area contributed by atoms with Crippen molar-refractivity contribution in [2.75, 3.05) is 24.2 Å². The number of amides is 1. The van der Waals surface area contributed by atoms with Crippen LogP contribution in [0.4, 0.5) is 17.3 Å². The van der Waals surface area contributed by atoms with Crippen molar-refractivity contribution in [2.45, 2.75) is 19.9 Å². The Balaban J connectivity index is 1.72. The van der Waals surface area contributed by atoms with Crippen LogP contribution >= 0.6 is 0 Å². The first-order chi connectivity index (χ1) is 14.6. The number of fused-ring (bicyclic) bond motifs is 7. The summed E-state index contributed by atoms with van der Waals surface area (Å²) in [6.45, 7) is 3.55. The summed E-state index contributed by atoms with van der Waals surface area (Å²) in [7, 11) is 2.06. The molecular weight excluding hydrogens is 374 g/mol. The van der Waals surface area contributed by atoms with Gasteiger partial charge in [-0.3, -0.25) is 9.69 Å². The lowest BCUT2D eigenvalue weighted by molar-refractivity contribution is -0.115. The summed E-state index contributed by atoms with van der Waals surface area (Å²) in [4.78, 5) is 23.6. The van der Waals surface area contributed by atoms with Crippen LogP contribution in [0.15, 0.2) is 66.9 Å². The molecule has 2 heterocycles. The van der Waals surface area contributed by atoms with Crippen molar-refractivity contribution < 1.29 is 4.79 Å². The van der Waals surface area contributed by atoms with Crippen molar-refractivity contribution >= 4 is 23.2 Å². The second-order valence-corrected chi connectivity index (χ2v) is 7.54. The Hall–Kier alpha value is -3.51. The predicted octanol–water partition coefficient (Wildman–Crippen LogP) is 4.53. The normalized spacial score (nSPS) is 14.9. The number of likely N-dealkylation sites (N-methyl/N-ethyl adjacent to an activating group) is 1. The van der Waals surface area contributed by atoms with Gasteiger partial charge in [0.05, 0.1) is 5.69 Å².